The van der Waals surface area contributed by atoms with Crippen LogP contribution in [-0.4, -0.2) is 60.9 Å². The highest BCUT2D eigenvalue weighted by atomic mass is 19.4. The highest BCUT2D eigenvalue weighted by Gasteiger charge is 2.43. The molecular weight excluding hydrogens is 531 g/mol. The molecule has 210 valence electrons. The third kappa shape index (κ3) is 7.59. The molecule has 0 saturated heterocycles. The van der Waals surface area contributed by atoms with Gasteiger partial charge in [-0.05, 0) is 30.2 Å². The Labute approximate surface area is 227 Å². The predicted octanol–water partition coefficient (Wildman–Crippen LogP) is 2.27. The topological polar surface area (TPSA) is 148 Å². The Kier molecular flexibility index (Phi) is 9.50. The molecule has 1 heterocycles. The fraction of sp³-hybridized carbons (Fsp3) is 0.296. The number of benzene rings is 2. The molecule has 1 aliphatic rings. The minimum Gasteiger partial charge on any atom is -0.386 e. The second-order valence-electron chi connectivity index (χ2n) is 8.72. The van der Waals surface area contributed by atoms with Gasteiger partial charge in [0, 0.05) is 25.6 Å². The van der Waals surface area contributed by atoms with Crippen molar-refractivity contribution in [2.24, 2.45) is 16.5 Å². The van der Waals surface area contributed by atoms with Gasteiger partial charge in [-0.1, -0.05) is 42.2 Å². The van der Waals surface area contributed by atoms with E-state index in [-0.39, 0.29) is 17.2 Å². The number of guanidine groups is 1. The lowest BCUT2D eigenvalue weighted by Crippen LogP contribution is -2.41. The van der Waals surface area contributed by atoms with Crippen LogP contribution in [0.15, 0.2) is 53.5 Å². The van der Waals surface area contributed by atoms with Gasteiger partial charge in [-0.3, -0.25) is 19.4 Å². The van der Waals surface area contributed by atoms with Gasteiger partial charge < -0.3 is 26.0 Å². The molecule has 1 unspecified atom stereocenters. The van der Waals surface area contributed by atoms with E-state index in [0.717, 1.165) is 4.90 Å². The Hall–Kier alpha value is -4.86. The van der Waals surface area contributed by atoms with Crippen LogP contribution >= 0.6 is 0 Å². The number of amides is 2. The lowest BCUT2D eigenvalue weighted by molar-refractivity contribution is -0.202. The second-order valence-corrected chi connectivity index (χ2v) is 8.72. The number of alkyl halides is 3. The van der Waals surface area contributed by atoms with Crippen LogP contribution in [0.2, 0.25) is 0 Å². The van der Waals surface area contributed by atoms with E-state index in [4.69, 9.17) is 11.5 Å². The molecular formula is C27H26F3N5O5. The van der Waals surface area contributed by atoms with Crippen LogP contribution in [0, 0.1) is 11.8 Å². The summed E-state index contributed by atoms with van der Waals surface area (Å²) in [5.74, 6) is 0.534. The molecule has 4 N–H and O–H groups in total. The van der Waals surface area contributed by atoms with Crippen molar-refractivity contribution in [2.75, 3.05) is 25.0 Å². The standard InChI is InChI=1S/C27H26F3N5O5/c1-34-20-12-11-17(8-4-3-7-13-33-26(31)32)14-19(20)24(38)35(16-22(34)36)21(18-9-5-2-6-10-18)15-23(37)40-25(39)27(28,29)30/h2,5-6,9-12,14,21H,3,7,13,15-16H2,1H3,(H4,31,32,33). The summed E-state index contributed by atoms with van der Waals surface area (Å²) in [5.41, 5.74) is 11.8. The Morgan fingerprint density at radius 2 is 1.82 bits per heavy atom. The summed E-state index contributed by atoms with van der Waals surface area (Å²) in [6.07, 6.45) is -5.11. The lowest BCUT2D eigenvalue weighted by Gasteiger charge is -2.30. The molecule has 0 spiro atoms. The zero-order valence-corrected chi connectivity index (χ0v) is 21.4. The minimum atomic E-state index is -5.38. The van der Waals surface area contributed by atoms with Crippen LogP contribution in [0.25, 0.3) is 0 Å². The summed E-state index contributed by atoms with van der Waals surface area (Å²) < 4.78 is 41.9. The van der Waals surface area contributed by atoms with E-state index in [1.165, 1.54) is 18.0 Å². The molecule has 0 aliphatic carbocycles. The third-order valence-corrected chi connectivity index (χ3v) is 5.87. The number of carbonyl (C=O) groups excluding carboxylic acids is 4. The first-order valence-corrected chi connectivity index (χ1v) is 12.0. The molecule has 0 radical (unpaired) electrons. The van der Waals surface area contributed by atoms with Gasteiger partial charge in [-0.2, -0.15) is 13.2 Å². The maximum Gasteiger partial charge on any atom is 0.491 e. The van der Waals surface area contributed by atoms with Crippen LogP contribution in [-0.2, 0) is 19.1 Å². The molecule has 40 heavy (non-hydrogen) atoms. The van der Waals surface area contributed by atoms with Crippen molar-refractivity contribution in [1.29, 1.82) is 0 Å². The Balaban J connectivity index is 1.94. The molecule has 0 fully saturated rings. The van der Waals surface area contributed by atoms with Gasteiger partial charge in [0.2, 0.25) is 5.91 Å². The molecule has 0 saturated carbocycles. The van der Waals surface area contributed by atoms with E-state index in [2.05, 4.69) is 21.6 Å². The normalized spacial score (nSPS) is 13.9. The number of hydrogen-bond acceptors (Lipinski definition) is 6. The molecule has 10 nitrogen and oxygen atoms in total. The Bertz CT molecular complexity index is 1380. The van der Waals surface area contributed by atoms with E-state index in [1.54, 1.807) is 42.5 Å². The zero-order chi connectivity index (χ0) is 29.4. The maximum atomic E-state index is 13.8. The molecule has 2 amide bonds. The summed E-state index contributed by atoms with van der Waals surface area (Å²) in [4.78, 5) is 56.6. The molecule has 13 heteroatoms. The first kappa shape index (κ1) is 29.7. The van der Waals surface area contributed by atoms with Crippen LogP contribution in [0.4, 0.5) is 18.9 Å². The van der Waals surface area contributed by atoms with Gasteiger partial charge in [0.25, 0.3) is 5.91 Å². The number of anilines is 1. The monoisotopic (exact) mass is 557 g/mol. The highest BCUT2D eigenvalue weighted by molar-refractivity contribution is 6.10. The summed E-state index contributed by atoms with van der Waals surface area (Å²) >= 11 is 0. The smallest absolute Gasteiger partial charge is 0.386 e. The van der Waals surface area contributed by atoms with Crippen LogP contribution < -0.4 is 16.4 Å². The number of nitrogens with zero attached hydrogens (tertiary/aromatic N) is 3. The number of esters is 2. The molecule has 1 atom stereocenters. The van der Waals surface area contributed by atoms with Gasteiger partial charge in [0.05, 0.1) is 23.7 Å². The lowest BCUT2D eigenvalue weighted by atomic mass is 10.00. The number of hydrogen-bond donors (Lipinski definition) is 2. The van der Waals surface area contributed by atoms with E-state index in [9.17, 15) is 32.3 Å². The SMILES string of the molecule is CN1C(=O)CN(C(CC(=O)OC(=O)C(F)(F)F)c2ccccc2)C(=O)c2cc(C#CCCCN=C(N)N)ccc21. The number of fused-ring (bicyclic) bond motifs is 1. The van der Waals surface area contributed by atoms with Gasteiger partial charge >= 0.3 is 18.1 Å². The molecule has 0 bridgehead atoms. The van der Waals surface area contributed by atoms with E-state index in [1.807, 2.05) is 0 Å². The molecule has 2 aromatic rings. The number of ether oxygens (including phenoxy) is 1. The predicted molar refractivity (Wildman–Crippen MR) is 139 cm³/mol. The number of aliphatic imine (C=N–C) groups is 1. The fourth-order valence-corrected chi connectivity index (χ4v) is 3.93. The average molecular weight is 558 g/mol. The molecule has 3 rings (SSSR count). The van der Waals surface area contributed by atoms with Crippen molar-refractivity contribution in [3.05, 3.63) is 65.2 Å². The minimum absolute atomic E-state index is 0.0190. The van der Waals surface area contributed by atoms with Crippen molar-refractivity contribution >= 4 is 35.4 Å². The second kappa shape index (κ2) is 12.8. The van der Waals surface area contributed by atoms with Crippen molar-refractivity contribution in [1.82, 2.24) is 4.90 Å². The van der Waals surface area contributed by atoms with E-state index >= 15 is 0 Å². The van der Waals surface area contributed by atoms with E-state index in [0.29, 0.717) is 30.5 Å². The summed E-state index contributed by atoms with van der Waals surface area (Å²) in [7, 11) is 1.47. The van der Waals surface area contributed by atoms with Crippen molar-refractivity contribution in [3.63, 3.8) is 0 Å². The quantitative estimate of drug-likeness (QED) is 0.133. The van der Waals surface area contributed by atoms with Crippen LogP contribution in [0.5, 0.6) is 0 Å². The number of rotatable bonds is 7. The van der Waals surface area contributed by atoms with Gasteiger partial charge in [0.1, 0.15) is 6.54 Å². The van der Waals surface area contributed by atoms with Crippen molar-refractivity contribution < 1.29 is 37.1 Å². The molecule has 0 aromatic heterocycles. The Morgan fingerprint density at radius 3 is 2.48 bits per heavy atom. The van der Waals surface area contributed by atoms with Gasteiger partial charge in [-0.25, -0.2) is 4.79 Å². The number of nitrogens with two attached hydrogens (primary N) is 2. The van der Waals surface area contributed by atoms with Crippen molar-refractivity contribution in [3.8, 4) is 11.8 Å². The highest BCUT2D eigenvalue weighted by Crippen LogP contribution is 2.33. The summed E-state index contributed by atoms with van der Waals surface area (Å²) in [6, 6.07) is 11.4. The fourth-order valence-electron chi connectivity index (χ4n) is 3.93. The van der Waals surface area contributed by atoms with Gasteiger partial charge in [-0.15, -0.1) is 0 Å². The first-order valence-electron chi connectivity index (χ1n) is 12.0. The summed E-state index contributed by atoms with van der Waals surface area (Å²) in [5, 5.41) is 0. The number of likely N-dealkylation sites (N-methyl/N-ethyl adjacent to an activating group) is 1. The van der Waals surface area contributed by atoms with Crippen molar-refractivity contribution in [2.45, 2.75) is 31.5 Å². The average Bonchev–Trinajstić information content (AvgIpc) is 2.99. The van der Waals surface area contributed by atoms with Crippen LogP contribution in [0.1, 0.15) is 46.8 Å². The first-order chi connectivity index (χ1) is 18.9. The largest absolute Gasteiger partial charge is 0.491 e. The number of unbranched alkanes of at least 4 members (excludes halogenated alkanes) is 1. The molecule has 1 aliphatic heterocycles. The van der Waals surface area contributed by atoms with E-state index < -0.39 is 48.9 Å². The number of halogens is 3. The maximum absolute atomic E-state index is 13.8. The zero-order valence-electron chi connectivity index (χ0n) is 21.4. The Morgan fingerprint density at radius 1 is 1.12 bits per heavy atom. The summed E-state index contributed by atoms with van der Waals surface area (Å²) in [6.45, 7) is -0.0880. The third-order valence-electron chi connectivity index (χ3n) is 5.87. The molecule has 2 aromatic carbocycles. The van der Waals surface area contributed by atoms with Gasteiger partial charge in [0.15, 0.2) is 5.96 Å². The van der Waals surface area contributed by atoms with Crippen LogP contribution in [0.3, 0.4) is 0 Å². The number of carbonyl (C=O) groups is 4.